The standard InChI is InChI=1S/C12H22N2O/c1-6-13-14(5)12(3,4)10(2)15-11-8-7-9-11/h6,11,13H,1-2,7-9H2,3-5H3. The highest BCUT2D eigenvalue weighted by atomic mass is 16.5. The van der Waals surface area contributed by atoms with Crippen LogP contribution in [0, 0.1) is 0 Å². The van der Waals surface area contributed by atoms with Crippen molar-refractivity contribution in [1.29, 1.82) is 0 Å². The van der Waals surface area contributed by atoms with E-state index in [1.54, 1.807) is 6.20 Å². The number of nitrogens with zero attached hydrogens (tertiary/aromatic N) is 1. The van der Waals surface area contributed by atoms with Gasteiger partial charge in [0, 0.05) is 13.2 Å². The molecule has 0 heterocycles. The zero-order valence-corrected chi connectivity index (χ0v) is 10.0. The van der Waals surface area contributed by atoms with Gasteiger partial charge >= 0.3 is 0 Å². The normalized spacial score (nSPS) is 17.1. The number of hydrogen-bond donors (Lipinski definition) is 1. The predicted molar refractivity (Wildman–Crippen MR) is 63.0 cm³/mol. The van der Waals surface area contributed by atoms with E-state index in [4.69, 9.17) is 4.74 Å². The average Bonchev–Trinajstić information content (AvgIpc) is 2.11. The maximum Gasteiger partial charge on any atom is 0.111 e. The Morgan fingerprint density at radius 1 is 1.53 bits per heavy atom. The fourth-order valence-corrected chi connectivity index (χ4v) is 1.32. The minimum absolute atomic E-state index is 0.232. The molecule has 0 bridgehead atoms. The summed E-state index contributed by atoms with van der Waals surface area (Å²) < 4.78 is 5.81. The zero-order chi connectivity index (χ0) is 11.5. The van der Waals surface area contributed by atoms with Gasteiger partial charge in [-0.15, -0.1) is 0 Å². The molecule has 1 aliphatic rings. The third-order valence-corrected chi connectivity index (χ3v) is 3.17. The second-order valence-corrected chi connectivity index (χ2v) is 4.55. The second kappa shape index (κ2) is 4.71. The summed E-state index contributed by atoms with van der Waals surface area (Å²) in [6.07, 6.45) is 5.63. The maximum absolute atomic E-state index is 5.81. The summed E-state index contributed by atoms with van der Waals surface area (Å²) in [6.45, 7) is 11.8. The predicted octanol–water partition coefficient (Wildman–Crippen LogP) is 2.43. The Kier molecular flexibility index (Phi) is 3.80. The first kappa shape index (κ1) is 12.1. The quantitative estimate of drug-likeness (QED) is 0.538. The zero-order valence-electron chi connectivity index (χ0n) is 10.0. The fraction of sp³-hybridized carbons (Fsp3) is 0.667. The van der Waals surface area contributed by atoms with Crippen LogP contribution in [0.25, 0.3) is 0 Å². The Labute approximate surface area is 92.8 Å². The van der Waals surface area contributed by atoms with Crippen LogP contribution in [0.15, 0.2) is 25.1 Å². The first-order valence-corrected chi connectivity index (χ1v) is 5.45. The van der Waals surface area contributed by atoms with E-state index in [1.807, 2.05) is 12.1 Å². The molecule has 0 aromatic rings. The molecular weight excluding hydrogens is 188 g/mol. The van der Waals surface area contributed by atoms with Crippen LogP contribution < -0.4 is 5.43 Å². The summed E-state index contributed by atoms with van der Waals surface area (Å²) in [5.41, 5.74) is 2.80. The highest BCUT2D eigenvalue weighted by Gasteiger charge is 2.31. The summed E-state index contributed by atoms with van der Waals surface area (Å²) in [7, 11) is 1.96. The molecule has 1 N–H and O–H groups in total. The Bertz CT molecular complexity index is 244. The third-order valence-electron chi connectivity index (χ3n) is 3.17. The molecule has 0 aliphatic heterocycles. The number of likely N-dealkylation sites (N-methyl/N-ethyl adjacent to an activating group) is 1. The highest BCUT2D eigenvalue weighted by molar-refractivity contribution is 5.06. The van der Waals surface area contributed by atoms with Gasteiger partial charge < -0.3 is 10.2 Å². The molecule has 0 spiro atoms. The molecule has 0 radical (unpaired) electrons. The first-order chi connectivity index (χ1) is 6.98. The molecule has 1 fully saturated rings. The van der Waals surface area contributed by atoms with Crippen LogP contribution in [-0.4, -0.2) is 23.7 Å². The van der Waals surface area contributed by atoms with Gasteiger partial charge in [-0.05, 0) is 33.1 Å². The summed E-state index contributed by atoms with van der Waals surface area (Å²) >= 11 is 0. The lowest BCUT2D eigenvalue weighted by Crippen LogP contribution is -2.49. The second-order valence-electron chi connectivity index (χ2n) is 4.55. The smallest absolute Gasteiger partial charge is 0.111 e. The molecule has 3 heteroatoms. The SMILES string of the molecule is C=CNN(C)C(C)(C)C(=C)OC1CCC1. The van der Waals surface area contributed by atoms with Crippen molar-refractivity contribution in [2.24, 2.45) is 0 Å². The van der Waals surface area contributed by atoms with E-state index in [0.717, 1.165) is 18.6 Å². The van der Waals surface area contributed by atoms with Crippen LogP contribution in [0.1, 0.15) is 33.1 Å². The molecular formula is C12H22N2O. The molecule has 0 saturated heterocycles. The van der Waals surface area contributed by atoms with Gasteiger partial charge in [0.25, 0.3) is 0 Å². The summed E-state index contributed by atoms with van der Waals surface area (Å²) in [5, 5.41) is 1.95. The van der Waals surface area contributed by atoms with Crippen molar-refractivity contribution >= 4 is 0 Å². The Hall–Kier alpha value is -0.960. The molecule has 15 heavy (non-hydrogen) atoms. The molecule has 0 unspecified atom stereocenters. The molecule has 1 saturated carbocycles. The molecule has 0 aromatic heterocycles. The van der Waals surface area contributed by atoms with Crippen LogP contribution in [0.5, 0.6) is 0 Å². The van der Waals surface area contributed by atoms with E-state index in [2.05, 4.69) is 32.4 Å². The van der Waals surface area contributed by atoms with Crippen molar-refractivity contribution in [3.63, 3.8) is 0 Å². The Morgan fingerprint density at radius 2 is 2.13 bits per heavy atom. The maximum atomic E-state index is 5.81. The van der Waals surface area contributed by atoms with Gasteiger partial charge in [0.15, 0.2) is 0 Å². The van der Waals surface area contributed by atoms with Crippen molar-refractivity contribution in [3.8, 4) is 0 Å². The van der Waals surface area contributed by atoms with Crippen molar-refractivity contribution < 1.29 is 4.74 Å². The van der Waals surface area contributed by atoms with Gasteiger partial charge in [-0.2, -0.15) is 0 Å². The van der Waals surface area contributed by atoms with Gasteiger partial charge in [0.05, 0.1) is 11.6 Å². The van der Waals surface area contributed by atoms with Crippen LogP contribution in [0.4, 0.5) is 0 Å². The van der Waals surface area contributed by atoms with E-state index >= 15 is 0 Å². The van der Waals surface area contributed by atoms with E-state index in [-0.39, 0.29) is 5.54 Å². The molecule has 1 rings (SSSR count). The summed E-state index contributed by atoms with van der Waals surface area (Å²) in [5.74, 6) is 0.809. The summed E-state index contributed by atoms with van der Waals surface area (Å²) in [6, 6.07) is 0. The lowest BCUT2D eigenvalue weighted by Gasteiger charge is -2.39. The molecule has 0 aromatic carbocycles. The van der Waals surface area contributed by atoms with Crippen LogP contribution >= 0.6 is 0 Å². The third kappa shape index (κ3) is 2.75. The minimum atomic E-state index is -0.232. The van der Waals surface area contributed by atoms with Gasteiger partial charge in [0.1, 0.15) is 5.76 Å². The first-order valence-electron chi connectivity index (χ1n) is 5.45. The van der Waals surface area contributed by atoms with Gasteiger partial charge in [-0.3, -0.25) is 0 Å². The van der Waals surface area contributed by atoms with Crippen LogP contribution in [0.3, 0.4) is 0 Å². The van der Waals surface area contributed by atoms with E-state index in [1.165, 1.54) is 6.42 Å². The number of nitrogens with one attached hydrogen (secondary N) is 1. The van der Waals surface area contributed by atoms with Crippen molar-refractivity contribution in [3.05, 3.63) is 25.1 Å². The lowest BCUT2D eigenvalue weighted by molar-refractivity contribution is -0.00141. The Balaban J connectivity index is 2.49. The summed E-state index contributed by atoms with van der Waals surface area (Å²) in [4.78, 5) is 0. The average molecular weight is 210 g/mol. The topological polar surface area (TPSA) is 24.5 Å². The van der Waals surface area contributed by atoms with Crippen LogP contribution in [0.2, 0.25) is 0 Å². The highest BCUT2D eigenvalue weighted by Crippen LogP contribution is 2.29. The van der Waals surface area contributed by atoms with E-state index < -0.39 is 0 Å². The monoisotopic (exact) mass is 210 g/mol. The molecule has 0 atom stereocenters. The molecule has 86 valence electrons. The largest absolute Gasteiger partial charge is 0.493 e. The van der Waals surface area contributed by atoms with E-state index in [0.29, 0.717) is 6.10 Å². The van der Waals surface area contributed by atoms with Gasteiger partial charge in [-0.25, -0.2) is 5.01 Å². The fourth-order valence-electron chi connectivity index (χ4n) is 1.32. The van der Waals surface area contributed by atoms with Crippen molar-refractivity contribution in [1.82, 2.24) is 10.4 Å². The van der Waals surface area contributed by atoms with Gasteiger partial charge in [0.2, 0.25) is 0 Å². The lowest BCUT2D eigenvalue weighted by atomic mass is 9.95. The number of ether oxygens (including phenoxy) is 1. The van der Waals surface area contributed by atoms with Crippen molar-refractivity contribution in [2.75, 3.05) is 7.05 Å². The van der Waals surface area contributed by atoms with Crippen molar-refractivity contribution in [2.45, 2.75) is 44.8 Å². The Morgan fingerprint density at radius 3 is 2.53 bits per heavy atom. The number of hydrogen-bond acceptors (Lipinski definition) is 3. The minimum Gasteiger partial charge on any atom is -0.493 e. The molecule has 1 aliphatic carbocycles. The number of hydrazine groups is 1. The van der Waals surface area contributed by atoms with Gasteiger partial charge in [-0.1, -0.05) is 13.2 Å². The number of rotatable bonds is 6. The van der Waals surface area contributed by atoms with E-state index in [9.17, 15) is 0 Å². The van der Waals surface area contributed by atoms with Crippen LogP contribution in [-0.2, 0) is 4.74 Å². The molecule has 3 nitrogen and oxygen atoms in total. The molecule has 0 amide bonds.